The van der Waals surface area contributed by atoms with Crippen molar-refractivity contribution in [3.05, 3.63) is 84.7 Å². The van der Waals surface area contributed by atoms with Crippen molar-refractivity contribution < 1.29 is 18.7 Å². The lowest BCUT2D eigenvalue weighted by atomic mass is 10.1. The zero-order valence-electron chi connectivity index (χ0n) is 15.5. The van der Waals surface area contributed by atoms with Gasteiger partial charge >= 0.3 is 0 Å². The molecule has 0 radical (unpaired) electrons. The van der Waals surface area contributed by atoms with Gasteiger partial charge in [0.15, 0.2) is 5.75 Å². The van der Waals surface area contributed by atoms with Crippen molar-refractivity contribution >= 4 is 23.2 Å². The molecule has 5 nitrogen and oxygen atoms in total. The van der Waals surface area contributed by atoms with E-state index in [-0.39, 0.29) is 24.8 Å². The van der Waals surface area contributed by atoms with Crippen LogP contribution in [0.3, 0.4) is 0 Å². The second kappa shape index (κ2) is 8.14. The highest BCUT2D eigenvalue weighted by molar-refractivity contribution is 6.03. The molecule has 1 aliphatic rings. The molecule has 29 heavy (non-hydrogen) atoms. The van der Waals surface area contributed by atoms with Crippen LogP contribution in [-0.4, -0.2) is 18.4 Å². The summed E-state index contributed by atoms with van der Waals surface area (Å²) in [6, 6.07) is 22.2. The average Bonchev–Trinajstić information content (AvgIpc) is 3.12. The lowest BCUT2D eigenvalue weighted by Gasteiger charge is -2.17. The molecule has 1 aliphatic heterocycles. The molecule has 0 spiro atoms. The van der Waals surface area contributed by atoms with Crippen LogP contribution >= 0.6 is 0 Å². The molecule has 2 amide bonds. The van der Waals surface area contributed by atoms with E-state index in [4.69, 9.17) is 4.74 Å². The summed E-state index contributed by atoms with van der Waals surface area (Å²) in [5, 5.41) is 2.86. The van der Waals surface area contributed by atoms with E-state index in [1.165, 1.54) is 17.0 Å². The molecule has 1 unspecified atom stereocenters. The molecule has 146 valence electrons. The summed E-state index contributed by atoms with van der Waals surface area (Å²) in [5.41, 5.74) is 0.983. The molecule has 1 fully saturated rings. The maximum absolute atomic E-state index is 13.5. The van der Waals surface area contributed by atoms with Crippen LogP contribution in [0.1, 0.15) is 6.42 Å². The zero-order valence-corrected chi connectivity index (χ0v) is 15.5. The number of carbonyl (C=O) groups excluding carboxylic acids is 2. The predicted molar refractivity (Wildman–Crippen MR) is 108 cm³/mol. The summed E-state index contributed by atoms with van der Waals surface area (Å²) >= 11 is 0. The fraction of sp³-hybridized carbons (Fsp3) is 0.130. The third kappa shape index (κ3) is 4.27. The van der Waals surface area contributed by atoms with Gasteiger partial charge in [0, 0.05) is 18.7 Å². The van der Waals surface area contributed by atoms with Gasteiger partial charge in [0.1, 0.15) is 11.6 Å². The number of halogens is 1. The van der Waals surface area contributed by atoms with Gasteiger partial charge in [-0.2, -0.15) is 0 Å². The first kappa shape index (κ1) is 18.7. The van der Waals surface area contributed by atoms with Gasteiger partial charge in [0.05, 0.1) is 11.6 Å². The van der Waals surface area contributed by atoms with E-state index in [0.717, 1.165) is 0 Å². The quantitative estimate of drug-likeness (QED) is 0.692. The Labute approximate surface area is 167 Å². The number of nitrogens with one attached hydrogen (secondary N) is 1. The van der Waals surface area contributed by atoms with Crippen LogP contribution in [0.15, 0.2) is 78.9 Å². The monoisotopic (exact) mass is 390 g/mol. The average molecular weight is 390 g/mol. The molecule has 6 heteroatoms. The first-order valence-electron chi connectivity index (χ1n) is 9.29. The minimum Gasteiger partial charge on any atom is -0.455 e. The summed E-state index contributed by atoms with van der Waals surface area (Å²) in [4.78, 5) is 26.6. The number of anilines is 2. The van der Waals surface area contributed by atoms with Gasteiger partial charge in [-0.25, -0.2) is 4.39 Å². The highest BCUT2D eigenvalue weighted by atomic mass is 19.1. The Bertz CT molecular complexity index is 1040. The third-order valence-electron chi connectivity index (χ3n) is 4.73. The van der Waals surface area contributed by atoms with E-state index in [1.54, 1.807) is 30.3 Å². The smallest absolute Gasteiger partial charge is 0.229 e. The highest BCUT2D eigenvalue weighted by Gasteiger charge is 2.35. The predicted octanol–water partition coefficient (Wildman–Crippen LogP) is 4.61. The standard InChI is InChI=1S/C23H19FN2O3/c24-17-7-6-8-18(14-17)26-15-16(13-22(26)27)23(28)25-20-11-4-5-12-21(20)29-19-9-2-1-3-10-19/h1-12,14,16H,13,15H2,(H,25,28). The SMILES string of the molecule is O=C(Nc1ccccc1Oc1ccccc1)C1CC(=O)N(c2cccc(F)c2)C1. The van der Waals surface area contributed by atoms with Crippen LogP contribution in [-0.2, 0) is 9.59 Å². The maximum atomic E-state index is 13.5. The Kier molecular flexibility index (Phi) is 5.24. The second-order valence-electron chi connectivity index (χ2n) is 6.79. The number of carbonyl (C=O) groups is 2. The summed E-state index contributed by atoms with van der Waals surface area (Å²) < 4.78 is 19.3. The largest absolute Gasteiger partial charge is 0.455 e. The molecule has 1 heterocycles. The van der Waals surface area contributed by atoms with Crippen molar-refractivity contribution in [3.63, 3.8) is 0 Å². The molecule has 3 aromatic rings. The van der Waals surface area contributed by atoms with Crippen LogP contribution in [0.25, 0.3) is 0 Å². The first-order valence-corrected chi connectivity index (χ1v) is 9.29. The lowest BCUT2D eigenvalue weighted by molar-refractivity contribution is -0.122. The number of rotatable bonds is 5. The Morgan fingerprint density at radius 1 is 1.00 bits per heavy atom. The molecule has 1 N–H and O–H groups in total. The van der Waals surface area contributed by atoms with Crippen molar-refractivity contribution in [2.75, 3.05) is 16.8 Å². The molecule has 0 bridgehead atoms. The van der Waals surface area contributed by atoms with Crippen molar-refractivity contribution in [1.82, 2.24) is 0 Å². The fourth-order valence-corrected chi connectivity index (χ4v) is 3.29. The van der Waals surface area contributed by atoms with Crippen LogP contribution in [0, 0.1) is 11.7 Å². The molecule has 0 aromatic heterocycles. The number of hydrogen-bond acceptors (Lipinski definition) is 3. The van der Waals surface area contributed by atoms with Crippen molar-refractivity contribution in [3.8, 4) is 11.5 Å². The fourth-order valence-electron chi connectivity index (χ4n) is 3.29. The van der Waals surface area contributed by atoms with Crippen molar-refractivity contribution in [2.24, 2.45) is 5.92 Å². The molecule has 1 saturated heterocycles. The van der Waals surface area contributed by atoms with E-state index < -0.39 is 11.7 Å². The van der Waals surface area contributed by atoms with E-state index in [2.05, 4.69) is 5.32 Å². The van der Waals surface area contributed by atoms with Gasteiger partial charge in [-0.05, 0) is 42.5 Å². The van der Waals surface area contributed by atoms with Crippen LogP contribution in [0.2, 0.25) is 0 Å². The van der Waals surface area contributed by atoms with Gasteiger partial charge in [0.2, 0.25) is 11.8 Å². The number of amides is 2. The molecular weight excluding hydrogens is 371 g/mol. The minimum absolute atomic E-state index is 0.0735. The lowest BCUT2D eigenvalue weighted by Crippen LogP contribution is -2.28. The number of benzene rings is 3. The number of hydrogen-bond donors (Lipinski definition) is 1. The van der Waals surface area contributed by atoms with Gasteiger partial charge < -0.3 is 15.0 Å². The summed E-state index contributed by atoms with van der Waals surface area (Å²) in [7, 11) is 0. The van der Waals surface area contributed by atoms with Crippen LogP contribution in [0.4, 0.5) is 15.8 Å². The van der Waals surface area contributed by atoms with Crippen molar-refractivity contribution in [1.29, 1.82) is 0 Å². The molecule has 0 aliphatic carbocycles. The molecular formula is C23H19FN2O3. The molecule has 0 saturated carbocycles. The van der Waals surface area contributed by atoms with Gasteiger partial charge in [-0.1, -0.05) is 36.4 Å². The van der Waals surface area contributed by atoms with Crippen LogP contribution in [0.5, 0.6) is 11.5 Å². The maximum Gasteiger partial charge on any atom is 0.229 e. The van der Waals surface area contributed by atoms with E-state index in [1.807, 2.05) is 36.4 Å². The minimum atomic E-state index is -0.532. The number of para-hydroxylation sites is 3. The van der Waals surface area contributed by atoms with E-state index in [0.29, 0.717) is 22.9 Å². The highest BCUT2D eigenvalue weighted by Crippen LogP contribution is 2.31. The normalized spacial score (nSPS) is 16.0. The Balaban J connectivity index is 1.47. The molecule has 1 atom stereocenters. The van der Waals surface area contributed by atoms with E-state index in [9.17, 15) is 14.0 Å². The number of ether oxygens (including phenoxy) is 1. The third-order valence-corrected chi connectivity index (χ3v) is 4.73. The van der Waals surface area contributed by atoms with Gasteiger partial charge in [-0.3, -0.25) is 9.59 Å². The molecule has 4 rings (SSSR count). The Morgan fingerprint density at radius 2 is 1.76 bits per heavy atom. The van der Waals surface area contributed by atoms with Gasteiger partial charge in [0.25, 0.3) is 0 Å². The first-order chi connectivity index (χ1) is 14.1. The second-order valence-corrected chi connectivity index (χ2v) is 6.79. The number of nitrogens with zero attached hydrogens (tertiary/aromatic N) is 1. The summed E-state index contributed by atoms with van der Waals surface area (Å²) in [6.07, 6.45) is 0.0735. The Hall–Kier alpha value is -3.67. The Morgan fingerprint density at radius 3 is 2.55 bits per heavy atom. The van der Waals surface area contributed by atoms with Crippen LogP contribution < -0.4 is 15.0 Å². The van der Waals surface area contributed by atoms with E-state index >= 15 is 0 Å². The topological polar surface area (TPSA) is 58.6 Å². The van der Waals surface area contributed by atoms with Gasteiger partial charge in [-0.15, -0.1) is 0 Å². The summed E-state index contributed by atoms with van der Waals surface area (Å²) in [6.45, 7) is 0.204. The van der Waals surface area contributed by atoms with Crippen molar-refractivity contribution in [2.45, 2.75) is 6.42 Å². The summed E-state index contributed by atoms with van der Waals surface area (Å²) in [5.74, 6) is -0.266. The molecule has 3 aromatic carbocycles. The zero-order chi connectivity index (χ0) is 20.2.